The molecule has 1 aliphatic rings. The zero-order chi connectivity index (χ0) is 12.1. The Morgan fingerprint density at radius 3 is 3.06 bits per heavy atom. The lowest BCUT2D eigenvalue weighted by Gasteiger charge is -2.16. The minimum absolute atomic E-state index is 0.220. The number of hydrogen-bond acceptors (Lipinski definition) is 4. The van der Waals surface area contributed by atoms with Crippen LogP contribution in [0.1, 0.15) is 25.3 Å². The topological polar surface area (TPSA) is 50.7 Å². The number of benzene rings is 1. The lowest BCUT2D eigenvalue weighted by atomic mass is 10.1. The van der Waals surface area contributed by atoms with Crippen LogP contribution in [-0.2, 0) is 6.54 Å². The van der Waals surface area contributed by atoms with Gasteiger partial charge in [0, 0.05) is 24.8 Å². The molecule has 1 aromatic carbocycles. The molecule has 4 nitrogen and oxygen atoms in total. The van der Waals surface area contributed by atoms with Crippen molar-refractivity contribution in [1.29, 1.82) is 0 Å². The van der Waals surface area contributed by atoms with Gasteiger partial charge in [-0.1, -0.05) is 19.1 Å². The molecular weight excluding hydrogens is 218 g/mol. The van der Waals surface area contributed by atoms with Gasteiger partial charge in [0.25, 0.3) is 0 Å². The normalized spacial score (nSPS) is 14.9. The molecule has 0 radical (unpaired) electrons. The maximum atomic E-state index is 8.94. The molecule has 0 saturated carbocycles. The molecule has 17 heavy (non-hydrogen) atoms. The van der Waals surface area contributed by atoms with Gasteiger partial charge in [0.15, 0.2) is 11.5 Å². The number of para-hydroxylation sites is 1. The Kier molecular flexibility index (Phi) is 4.23. The van der Waals surface area contributed by atoms with Crippen LogP contribution in [0.5, 0.6) is 11.5 Å². The average Bonchev–Trinajstić information content (AvgIpc) is 2.83. The van der Waals surface area contributed by atoms with Gasteiger partial charge in [-0.2, -0.15) is 0 Å². The maximum Gasteiger partial charge on any atom is 0.231 e. The van der Waals surface area contributed by atoms with Crippen molar-refractivity contribution >= 4 is 0 Å². The third-order valence-electron chi connectivity index (χ3n) is 3.03. The summed E-state index contributed by atoms with van der Waals surface area (Å²) in [4.78, 5) is 0. The van der Waals surface area contributed by atoms with Crippen molar-refractivity contribution in [3.05, 3.63) is 23.8 Å². The summed E-state index contributed by atoms with van der Waals surface area (Å²) in [7, 11) is 0. The second kappa shape index (κ2) is 5.89. The van der Waals surface area contributed by atoms with Crippen LogP contribution in [0.3, 0.4) is 0 Å². The van der Waals surface area contributed by atoms with Crippen LogP contribution < -0.4 is 14.8 Å². The number of nitrogens with one attached hydrogen (secondary N) is 1. The third kappa shape index (κ3) is 2.90. The van der Waals surface area contributed by atoms with Crippen molar-refractivity contribution in [3.8, 4) is 11.5 Å². The van der Waals surface area contributed by atoms with Gasteiger partial charge in [0.05, 0.1) is 0 Å². The summed E-state index contributed by atoms with van der Waals surface area (Å²) < 4.78 is 10.8. The van der Waals surface area contributed by atoms with E-state index in [2.05, 4.69) is 12.2 Å². The van der Waals surface area contributed by atoms with Crippen molar-refractivity contribution in [3.63, 3.8) is 0 Å². The van der Waals surface area contributed by atoms with Crippen LogP contribution in [0.4, 0.5) is 0 Å². The number of fused-ring (bicyclic) bond motifs is 1. The number of ether oxygens (including phenoxy) is 2. The van der Waals surface area contributed by atoms with E-state index in [4.69, 9.17) is 14.6 Å². The molecule has 2 rings (SSSR count). The predicted octanol–water partition coefficient (Wildman–Crippen LogP) is 1.67. The number of aliphatic hydroxyl groups is 1. The van der Waals surface area contributed by atoms with Gasteiger partial charge in [-0.15, -0.1) is 0 Å². The van der Waals surface area contributed by atoms with E-state index in [0.29, 0.717) is 12.8 Å². The van der Waals surface area contributed by atoms with Crippen molar-refractivity contribution in [1.82, 2.24) is 5.32 Å². The van der Waals surface area contributed by atoms with E-state index < -0.39 is 0 Å². The van der Waals surface area contributed by atoms with Crippen molar-refractivity contribution < 1.29 is 14.6 Å². The monoisotopic (exact) mass is 237 g/mol. The first-order valence-electron chi connectivity index (χ1n) is 6.07. The standard InChI is InChI=1S/C13H19NO3/c1-2-11(6-7-15)14-8-10-4-3-5-12-13(10)17-9-16-12/h3-5,11,14-15H,2,6-9H2,1H3. The van der Waals surface area contributed by atoms with Crippen LogP contribution in [0, 0.1) is 0 Å². The highest BCUT2D eigenvalue weighted by molar-refractivity contribution is 5.48. The minimum Gasteiger partial charge on any atom is -0.454 e. The fraction of sp³-hybridized carbons (Fsp3) is 0.538. The highest BCUT2D eigenvalue weighted by atomic mass is 16.7. The van der Waals surface area contributed by atoms with E-state index in [1.54, 1.807) is 0 Å². The largest absolute Gasteiger partial charge is 0.454 e. The lowest BCUT2D eigenvalue weighted by molar-refractivity contribution is 0.173. The summed E-state index contributed by atoms with van der Waals surface area (Å²) in [5, 5.41) is 12.4. The van der Waals surface area contributed by atoms with Crippen molar-refractivity contribution in [2.75, 3.05) is 13.4 Å². The summed E-state index contributed by atoms with van der Waals surface area (Å²) in [5.41, 5.74) is 1.11. The Hall–Kier alpha value is -1.26. The van der Waals surface area contributed by atoms with Crippen molar-refractivity contribution in [2.24, 2.45) is 0 Å². The summed E-state index contributed by atoms with van der Waals surface area (Å²) in [6, 6.07) is 6.26. The van der Waals surface area contributed by atoms with E-state index in [1.165, 1.54) is 0 Å². The predicted molar refractivity (Wildman–Crippen MR) is 65.2 cm³/mol. The Morgan fingerprint density at radius 2 is 2.29 bits per heavy atom. The Morgan fingerprint density at radius 1 is 1.41 bits per heavy atom. The smallest absolute Gasteiger partial charge is 0.231 e. The molecule has 1 atom stereocenters. The SMILES string of the molecule is CCC(CCO)NCc1cccc2c1OCO2. The van der Waals surface area contributed by atoms with Crippen LogP contribution in [0.15, 0.2) is 18.2 Å². The lowest BCUT2D eigenvalue weighted by Crippen LogP contribution is -2.28. The Labute approximate surface area is 102 Å². The zero-order valence-electron chi connectivity index (χ0n) is 10.1. The van der Waals surface area contributed by atoms with E-state index >= 15 is 0 Å². The van der Waals surface area contributed by atoms with Crippen LogP contribution >= 0.6 is 0 Å². The zero-order valence-corrected chi connectivity index (χ0v) is 10.1. The molecule has 4 heteroatoms. The molecular formula is C13H19NO3. The van der Waals surface area contributed by atoms with Gasteiger partial charge in [0.1, 0.15) is 0 Å². The number of hydrogen-bond donors (Lipinski definition) is 2. The first-order valence-corrected chi connectivity index (χ1v) is 6.07. The quantitative estimate of drug-likeness (QED) is 0.790. The Bertz CT molecular complexity index is 368. The number of rotatable bonds is 6. The van der Waals surface area contributed by atoms with Gasteiger partial charge in [-0.25, -0.2) is 0 Å². The molecule has 1 unspecified atom stereocenters. The molecule has 0 amide bonds. The summed E-state index contributed by atoms with van der Waals surface area (Å²) in [6.07, 6.45) is 1.79. The summed E-state index contributed by atoms with van der Waals surface area (Å²) >= 11 is 0. The third-order valence-corrected chi connectivity index (χ3v) is 3.03. The fourth-order valence-electron chi connectivity index (χ4n) is 1.99. The second-order valence-electron chi connectivity index (χ2n) is 4.15. The molecule has 0 saturated heterocycles. The molecule has 0 bridgehead atoms. The van der Waals surface area contributed by atoms with Gasteiger partial charge >= 0.3 is 0 Å². The van der Waals surface area contributed by atoms with E-state index in [1.807, 2.05) is 18.2 Å². The summed E-state index contributed by atoms with van der Waals surface area (Å²) in [5.74, 6) is 1.67. The van der Waals surface area contributed by atoms with E-state index in [0.717, 1.165) is 36.4 Å². The van der Waals surface area contributed by atoms with E-state index in [-0.39, 0.29) is 6.61 Å². The molecule has 1 aliphatic heterocycles. The van der Waals surface area contributed by atoms with E-state index in [9.17, 15) is 0 Å². The highest BCUT2D eigenvalue weighted by Crippen LogP contribution is 2.35. The molecule has 1 aromatic rings. The van der Waals surface area contributed by atoms with Crippen LogP contribution in [-0.4, -0.2) is 24.5 Å². The van der Waals surface area contributed by atoms with Gasteiger partial charge in [-0.05, 0) is 18.9 Å². The van der Waals surface area contributed by atoms with Gasteiger partial charge in [0.2, 0.25) is 6.79 Å². The molecule has 0 fully saturated rings. The highest BCUT2D eigenvalue weighted by Gasteiger charge is 2.17. The fourth-order valence-corrected chi connectivity index (χ4v) is 1.99. The van der Waals surface area contributed by atoms with Crippen molar-refractivity contribution in [2.45, 2.75) is 32.4 Å². The van der Waals surface area contributed by atoms with Crippen LogP contribution in [0.2, 0.25) is 0 Å². The minimum atomic E-state index is 0.220. The first-order chi connectivity index (χ1) is 8.35. The first kappa shape index (κ1) is 12.2. The number of aliphatic hydroxyl groups excluding tert-OH is 1. The Balaban J connectivity index is 1.97. The molecule has 94 valence electrons. The van der Waals surface area contributed by atoms with Crippen LogP contribution in [0.25, 0.3) is 0 Å². The molecule has 0 aliphatic carbocycles. The van der Waals surface area contributed by atoms with Gasteiger partial charge in [-0.3, -0.25) is 0 Å². The molecule has 0 spiro atoms. The average molecular weight is 237 g/mol. The molecule has 0 aromatic heterocycles. The second-order valence-corrected chi connectivity index (χ2v) is 4.15. The summed E-state index contributed by atoms with van der Waals surface area (Å²) in [6.45, 7) is 3.38. The molecule has 1 heterocycles. The van der Waals surface area contributed by atoms with Gasteiger partial charge < -0.3 is 19.9 Å². The molecule has 2 N–H and O–H groups in total. The maximum absolute atomic E-state index is 8.94.